The number of esters is 1. The topological polar surface area (TPSA) is 168 Å². The van der Waals surface area contributed by atoms with Crippen LogP contribution in [-0.4, -0.2) is 63.7 Å². The van der Waals surface area contributed by atoms with Gasteiger partial charge >= 0.3 is 11.6 Å². The van der Waals surface area contributed by atoms with E-state index < -0.39 is 47.4 Å². The fourth-order valence-corrected chi connectivity index (χ4v) is 9.72. The van der Waals surface area contributed by atoms with E-state index in [2.05, 4.69) is 19.9 Å². The zero-order valence-corrected chi connectivity index (χ0v) is 25.7. The molecule has 2 N–H and O–H groups in total. The fourth-order valence-electron chi connectivity index (χ4n) is 9.72. The normalized spacial score (nSPS) is 44.9. The highest BCUT2D eigenvalue weighted by Crippen LogP contribution is 2.70. The fraction of sp³-hybridized carbons (Fsp3) is 0.750. The van der Waals surface area contributed by atoms with E-state index in [0.29, 0.717) is 18.8 Å². The molecule has 0 unspecified atom stereocenters. The zero-order chi connectivity index (χ0) is 31.6. The number of carbonyl (C=O) groups is 1. The molecular formula is C32H43NO11. The van der Waals surface area contributed by atoms with Crippen molar-refractivity contribution in [1.29, 1.82) is 0 Å². The van der Waals surface area contributed by atoms with Gasteiger partial charge < -0.3 is 33.7 Å². The van der Waals surface area contributed by atoms with Crippen LogP contribution in [0, 0.1) is 32.8 Å². The summed E-state index contributed by atoms with van der Waals surface area (Å²) in [5, 5.41) is 33.6. The highest BCUT2D eigenvalue weighted by molar-refractivity contribution is 5.66. The molecule has 1 saturated heterocycles. The van der Waals surface area contributed by atoms with Crippen molar-refractivity contribution in [3.63, 3.8) is 0 Å². The Hall–Kier alpha value is -2.80. The van der Waals surface area contributed by atoms with Gasteiger partial charge in [0.25, 0.3) is 5.09 Å². The van der Waals surface area contributed by atoms with E-state index in [1.807, 2.05) is 6.07 Å². The average Bonchev–Trinajstić information content (AvgIpc) is 3.24. The Morgan fingerprint density at radius 2 is 1.86 bits per heavy atom. The number of fused-ring (bicyclic) bond motifs is 5. The first-order valence-electron chi connectivity index (χ1n) is 15.8. The molecule has 4 fully saturated rings. The van der Waals surface area contributed by atoms with Gasteiger partial charge in [-0.05, 0) is 93.1 Å². The van der Waals surface area contributed by atoms with Crippen LogP contribution in [0.1, 0.15) is 90.5 Å². The van der Waals surface area contributed by atoms with Crippen molar-refractivity contribution in [3.8, 4) is 0 Å². The molecular weight excluding hydrogens is 574 g/mol. The van der Waals surface area contributed by atoms with Gasteiger partial charge in [-0.1, -0.05) is 25.5 Å². The molecule has 1 aromatic heterocycles. The minimum atomic E-state index is -1.55. The predicted molar refractivity (Wildman–Crippen MR) is 154 cm³/mol. The van der Waals surface area contributed by atoms with Crippen LogP contribution in [0.3, 0.4) is 0 Å². The second-order valence-electron chi connectivity index (χ2n) is 14.0. The summed E-state index contributed by atoms with van der Waals surface area (Å²) in [6, 6.07) is 3.31. The molecule has 12 atom stereocenters. The summed E-state index contributed by atoms with van der Waals surface area (Å²) in [6.45, 7) is 7.27. The van der Waals surface area contributed by atoms with Crippen LogP contribution >= 0.6 is 0 Å². The molecule has 0 spiro atoms. The maximum Gasteiger partial charge on any atom is 0.335 e. The summed E-state index contributed by atoms with van der Waals surface area (Å²) in [5.74, 6) is -0.105. The Morgan fingerprint density at radius 1 is 1.09 bits per heavy atom. The lowest BCUT2D eigenvalue weighted by Gasteiger charge is -2.62. The van der Waals surface area contributed by atoms with E-state index in [0.717, 1.165) is 44.1 Å². The molecule has 12 heteroatoms. The number of rotatable bonds is 6. The first-order chi connectivity index (χ1) is 20.8. The van der Waals surface area contributed by atoms with Crippen LogP contribution in [0.5, 0.6) is 0 Å². The molecule has 242 valence electrons. The van der Waals surface area contributed by atoms with Gasteiger partial charge in [-0.3, -0.25) is 4.79 Å². The molecule has 4 aliphatic carbocycles. The van der Waals surface area contributed by atoms with Crippen molar-refractivity contribution in [3.05, 3.63) is 56.1 Å². The molecule has 0 amide bonds. The second-order valence-corrected chi connectivity index (χ2v) is 14.0. The third-order valence-corrected chi connectivity index (χ3v) is 12.0. The maximum absolute atomic E-state index is 12.5. The first kappa shape index (κ1) is 31.2. The monoisotopic (exact) mass is 617 g/mol. The van der Waals surface area contributed by atoms with Crippen LogP contribution in [0.4, 0.5) is 0 Å². The Labute approximate surface area is 255 Å². The van der Waals surface area contributed by atoms with Gasteiger partial charge in [0.2, 0.25) is 0 Å². The van der Waals surface area contributed by atoms with Gasteiger partial charge in [-0.25, -0.2) is 4.79 Å². The summed E-state index contributed by atoms with van der Waals surface area (Å²) < 4.78 is 22.5. The first-order valence-corrected chi connectivity index (χ1v) is 15.8. The molecule has 1 aliphatic heterocycles. The van der Waals surface area contributed by atoms with E-state index in [1.54, 1.807) is 13.2 Å². The molecule has 12 nitrogen and oxygen atoms in total. The number of aliphatic hydroxyl groups is 2. The quantitative estimate of drug-likeness (QED) is 0.206. The second kappa shape index (κ2) is 11.2. The smallest absolute Gasteiger partial charge is 0.335 e. The number of carbonyl (C=O) groups excluding carboxylic acids is 1. The summed E-state index contributed by atoms with van der Waals surface area (Å²) in [7, 11) is 0. The van der Waals surface area contributed by atoms with Crippen molar-refractivity contribution < 1.29 is 43.6 Å². The van der Waals surface area contributed by atoms with Crippen molar-refractivity contribution in [2.75, 3.05) is 0 Å². The molecule has 44 heavy (non-hydrogen) atoms. The van der Waals surface area contributed by atoms with Crippen molar-refractivity contribution in [2.24, 2.45) is 22.7 Å². The summed E-state index contributed by atoms with van der Waals surface area (Å²) in [5.41, 5.74) is 0.631. The lowest BCUT2D eigenvalue weighted by atomic mass is 9.45. The van der Waals surface area contributed by atoms with Crippen LogP contribution in [-0.2, 0) is 23.8 Å². The summed E-state index contributed by atoms with van der Waals surface area (Å²) in [4.78, 5) is 39.1. The zero-order valence-electron chi connectivity index (χ0n) is 25.7. The van der Waals surface area contributed by atoms with E-state index in [1.165, 1.54) is 18.6 Å². The van der Waals surface area contributed by atoms with E-state index in [4.69, 9.17) is 23.5 Å². The van der Waals surface area contributed by atoms with Gasteiger partial charge in [-0.15, -0.1) is 10.1 Å². The predicted octanol–water partition coefficient (Wildman–Crippen LogP) is 3.80. The lowest BCUT2D eigenvalue weighted by molar-refractivity contribution is -0.775. The third kappa shape index (κ3) is 4.98. The Bertz CT molecular complexity index is 1360. The number of nitrogens with zero attached hydrogens (tertiary/aromatic N) is 1. The van der Waals surface area contributed by atoms with Crippen LogP contribution in [0.15, 0.2) is 39.3 Å². The molecule has 0 aromatic carbocycles. The van der Waals surface area contributed by atoms with E-state index in [-0.39, 0.29) is 34.4 Å². The molecule has 2 heterocycles. The SMILES string of the molecule is CC(=O)O[C@@H]1[C@@H](O[N+](=O)[O-])[C@@H](O)[C@H](O[C@@H]2C=C3CC[C@@H]4[C@H](CC[C@]5(C)[C@@H](c6ccc(=O)oc6)CC[C@]45O)[C@@]3(C)CC2)O[C@H]1C. The number of hydrogen-bond acceptors (Lipinski definition) is 11. The van der Waals surface area contributed by atoms with Gasteiger partial charge in [0, 0.05) is 18.4 Å². The Kier molecular flexibility index (Phi) is 7.95. The highest BCUT2D eigenvalue weighted by atomic mass is 17.0. The van der Waals surface area contributed by atoms with Gasteiger partial charge in [0.05, 0.1) is 24.1 Å². The molecule has 1 aromatic rings. The largest absolute Gasteiger partial charge is 0.457 e. The summed E-state index contributed by atoms with van der Waals surface area (Å²) in [6.07, 6.45) is 3.65. The standard InChI is InChI=1S/C32H43NO11/c1-17-27(42-18(2)34)28(44-33(38)39)26(36)29(41-17)43-21-9-12-30(3)20(15-21)6-7-24-23(30)10-13-31(4)22(11-14-32(24,31)37)19-5-8-25(35)40-16-19/h5,8,15-17,21-24,26-29,36-37H,6-7,9-14H2,1-4H3/t17-,21-,22+,23-,24+,26+,27-,28-,29-,30-,31+,32-/m0/s1. The van der Waals surface area contributed by atoms with E-state index in [9.17, 15) is 29.9 Å². The molecule has 6 rings (SSSR count). The number of allylic oxidation sites excluding steroid dienone is 1. The third-order valence-electron chi connectivity index (χ3n) is 12.0. The number of ether oxygens (including phenoxy) is 3. The van der Waals surface area contributed by atoms with Crippen molar-refractivity contribution in [1.82, 2.24) is 0 Å². The minimum Gasteiger partial charge on any atom is -0.457 e. The minimum absolute atomic E-state index is 0.117. The average molecular weight is 618 g/mol. The maximum atomic E-state index is 12.5. The van der Waals surface area contributed by atoms with Crippen LogP contribution < -0.4 is 5.63 Å². The Balaban J connectivity index is 1.18. The molecule has 5 aliphatic rings. The highest BCUT2D eigenvalue weighted by Gasteiger charge is 2.66. The van der Waals surface area contributed by atoms with Gasteiger partial charge in [0.1, 0.15) is 6.10 Å². The number of aliphatic hydroxyl groups excluding tert-OH is 1. The number of hydrogen-bond donors (Lipinski definition) is 2. The van der Waals surface area contributed by atoms with E-state index >= 15 is 0 Å². The van der Waals surface area contributed by atoms with Crippen molar-refractivity contribution >= 4 is 5.97 Å². The Morgan fingerprint density at radius 3 is 2.55 bits per heavy atom. The molecule has 0 bridgehead atoms. The van der Waals surface area contributed by atoms with Crippen molar-refractivity contribution in [2.45, 2.75) is 127 Å². The molecule has 0 radical (unpaired) electrons. The molecule has 3 saturated carbocycles. The van der Waals surface area contributed by atoms with Gasteiger partial charge in [0.15, 0.2) is 18.5 Å². The summed E-state index contributed by atoms with van der Waals surface area (Å²) >= 11 is 0. The van der Waals surface area contributed by atoms with Crippen LogP contribution in [0.2, 0.25) is 0 Å². The van der Waals surface area contributed by atoms with Gasteiger partial charge in [-0.2, -0.15) is 0 Å². The lowest BCUT2D eigenvalue weighted by Crippen LogP contribution is -2.61. The van der Waals surface area contributed by atoms with Crippen LogP contribution in [0.25, 0.3) is 0 Å².